The van der Waals surface area contributed by atoms with Gasteiger partial charge >= 0.3 is 0 Å². The fourth-order valence-corrected chi connectivity index (χ4v) is 4.39. The number of nitrogens with one attached hydrogen (secondary N) is 1. The number of nitrogens with zero attached hydrogens (tertiary/aromatic N) is 5. The van der Waals surface area contributed by atoms with Gasteiger partial charge in [0.2, 0.25) is 0 Å². The van der Waals surface area contributed by atoms with Gasteiger partial charge in [-0.05, 0) is 66.6 Å². The maximum Gasteiger partial charge on any atom is 0.276 e. The van der Waals surface area contributed by atoms with Gasteiger partial charge in [-0.3, -0.25) is 19.5 Å². The number of halogens is 1. The maximum atomic E-state index is 13.3. The van der Waals surface area contributed by atoms with Crippen molar-refractivity contribution in [1.82, 2.24) is 19.7 Å². The van der Waals surface area contributed by atoms with Crippen molar-refractivity contribution in [1.29, 1.82) is 0 Å². The summed E-state index contributed by atoms with van der Waals surface area (Å²) in [7, 11) is 0. The molecule has 8 nitrogen and oxygen atoms in total. The number of anilines is 2. The molecule has 9 heteroatoms. The Morgan fingerprint density at radius 3 is 2.38 bits per heavy atom. The molecule has 0 radical (unpaired) electrons. The molecule has 1 N–H and O–H groups in total. The Bertz CT molecular complexity index is 1420. The zero-order valence-electron chi connectivity index (χ0n) is 20.3. The van der Waals surface area contributed by atoms with Gasteiger partial charge in [0.25, 0.3) is 11.5 Å². The van der Waals surface area contributed by atoms with Gasteiger partial charge in [0.05, 0.1) is 17.1 Å². The van der Waals surface area contributed by atoms with Crippen LogP contribution < -0.4 is 15.8 Å². The summed E-state index contributed by atoms with van der Waals surface area (Å²) in [5, 5.41) is 7.16. The summed E-state index contributed by atoms with van der Waals surface area (Å²) in [6, 6.07) is 19.8. The van der Waals surface area contributed by atoms with Crippen molar-refractivity contribution in [2.75, 3.05) is 42.9 Å². The van der Waals surface area contributed by atoms with E-state index in [1.54, 1.807) is 0 Å². The van der Waals surface area contributed by atoms with Crippen molar-refractivity contribution < 1.29 is 9.18 Å². The van der Waals surface area contributed by atoms with Crippen LogP contribution in [0.2, 0.25) is 0 Å². The van der Waals surface area contributed by atoms with Crippen LogP contribution in [0.15, 0.2) is 90.0 Å². The summed E-state index contributed by atoms with van der Waals surface area (Å²) >= 11 is 0. The van der Waals surface area contributed by atoms with Crippen LogP contribution in [-0.2, 0) is 6.42 Å². The van der Waals surface area contributed by atoms with E-state index in [-0.39, 0.29) is 5.69 Å². The molecular formula is C28H27FN6O2. The molecule has 0 unspecified atom stereocenters. The minimum absolute atomic E-state index is 0.0830. The van der Waals surface area contributed by atoms with E-state index in [9.17, 15) is 14.0 Å². The second-order valence-electron chi connectivity index (χ2n) is 8.85. The summed E-state index contributed by atoms with van der Waals surface area (Å²) in [5.74, 6) is -0.851. The summed E-state index contributed by atoms with van der Waals surface area (Å²) < 4.78 is 14.4. The topological polar surface area (TPSA) is 83.4 Å². The van der Waals surface area contributed by atoms with Gasteiger partial charge in [-0.25, -0.2) is 4.39 Å². The second-order valence-corrected chi connectivity index (χ2v) is 8.85. The number of aromatic nitrogens is 3. The predicted molar refractivity (Wildman–Crippen MR) is 141 cm³/mol. The van der Waals surface area contributed by atoms with Crippen molar-refractivity contribution >= 4 is 17.3 Å². The monoisotopic (exact) mass is 498 g/mol. The lowest BCUT2D eigenvalue weighted by Gasteiger charge is -2.37. The first-order chi connectivity index (χ1) is 18.1. The molecule has 1 amide bonds. The third-order valence-corrected chi connectivity index (χ3v) is 6.44. The van der Waals surface area contributed by atoms with Crippen molar-refractivity contribution in [3.8, 4) is 5.69 Å². The third-order valence-electron chi connectivity index (χ3n) is 6.44. The normalized spacial score (nSPS) is 13.9. The number of hydrogen-bond donors (Lipinski definition) is 1. The van der Waals surface area contributed by atoms with Crippen molar-refractivity contribution in [3.05, 3.63) is 113 Å². The SMILES string of the molecule is O=C(Nc1ccccc1N1CCN(CCc2ccncc2)CC1)c1ccc(=O)n(-c2ccc(F)cc2)n1. The zero-order chi connectivity index (χ0) is 25.6. The standard InChI is InChI=1S/C28H27FN6O2/c29-22-5-7-23(8-6-22)35-27(36)10-9-25(32-35)28(37)31-24-3-1-2-4-26(24)34-19-17-33(18-20-34)16-13-21-11-14-30-15-12-21/h1-12,14-15H,13,16-20H2,(H,31,37). The molecule has 0 bridgehead atoms. The number of rotatable bonds is 7. The van der Waals surface area contributed by atoms with Crippen molar-refractivity contribution in [2.24, 2.45) is 0 Å². The summed E-state index contributed by atoms with van der Waals surface area (Å²) in [5.41, 5.74) is 2.95. The number of benzene rings is 2. The van der Waals surface area contributed by atoms with Gasteiger partial charge < -0.3 is 10.2 Å². The van der Waals surface area contributed by atoms with E-state index < -0.39 is 17.3 Å². The highest BCUT2D eigenvalue weighted by Gasteiger charge is 2.20. The van der Waals surface area contributed by atoms with E-state index in [0.717, 1.165) is 49.5 Å². The lowest BCUT2D eigenvalue weighted by atomic mass is 10.1. The van der Waals surface area contributed by atoms with E-state index in [0.29, 0.717) is 11.4 Å². The first kappa shape index (κ1) is 24.3. The summed E-state index contributed by atoms with van der Waals surface area (Å²) in [4.78, 5) is 34.2. The molecule has 188 valence electrons. The Balaban J connectivity index is 1.25. The van der Waals surface area contributed by atoms with Crippen LogP contribution in [0, 0.1) is 5.82 Å². The molecule has 1 fully saturated rings. The van der Waals surface area contributed by atoms with Crippen LogP contribution in [-0.4, -0.2) is 58.3 Å². The average Bonchev–Trinajstić information content (AvgIpc) is 2.94. The smallest absolute Gasteiger partial charge is 0.276 e. The molecule has 37 heavy (non-hydrogen) atoms. The summed E-state index contributed by atoms with van der Waals surface area (Å²) in [6.45, 7) is 4.54. The van der Waals surface area contributed by atoms with Gasteiger partial charge in [-0.1, -0.05) is 12.1 Å². The number of hydrogen-bond acceptors (Lipinski definition) is 6. The average molecular weight is 499 g/mol. The largest absolute Gasteiger partial charge is 0.367 e. The second kappa shape index (κ2) is 11.1. The molecule has 0 saturated carbocycles. The van der Waals surface area contributed by atoms with E-state index in [1.165, 1.54) is 42.0 Å². The van der Waals surface area contributed by atoms with Crippen molar-refractivity contribution in [2.45, 2.75) is 6.42 Å². The number of para-hydroxylation sites is 2. The molecule has 5 rings (SSSR count). The number of carbonyl (C=O) groups is 1. The maximum absolute atomic E-state index is 13.3. The Morgan fingerprint density at radius 1 is 0.892 bits per heavy atom. The fourth-order valence-electron chi connectivity index (χ4n) is 4.39. The number of amides is 1. The van der Waals surface area contributed by atoms with Gasteiger partial charge in [0, 0.05) is 51.2 Å². The highest BCUT2D eigenvalue weighted by molar-refractivity contribution is 6.04. The minimum Gasteiger partial charge on any atom is -0.367 e. The van der Waals surface area contributed by atoms with Crippen LogP contribution in [0.3, 0.4) is 0 Å². The number of carbonyl (C=O) groups excluding carboxylic acids is 1. The fraction of sp³-hybridized carbons (Fsp3) is 0.214. The van der Waals surface area contributed by atoms with Gasteiger partial charge in [0.1, 0.15) is 11.5 Å². The molecule has 4 aromatic rings. The molecule has 1 saturated heterocycles. The minimum atomic E-state index is -0.431. The zero-order valence-corrected chi connectivity index (χ0v) is 20.3. The van der Waals surface area contributed by atoms with Crippen molar-refractivity contribution in [3.63, 3.8) is 0 Å². The van der Waals surface area contributed by atoms with Gasteiger partial charge in [-0.15, -0.1) is 0 Å². The van der Waals surface area contributed by atoms with Gasteiger partial charge in [-0.2, -0.15) is 9.78 Å². The summed E-state index contributed by atoms with van der Waals surface area (Å²) in [6.07, 6.45) is 4.64. The third kappa shape index (κ3) is 5.90. The molecule has 3 heterocycles. The van der Waals surface area contributed by atoms with Crippen LogP contribution in [0.4, 0.5) is 15.8 Å². The van der Waals surface area contributed by atoms with E-state index in [1.807, 2.05) is 36.7 Å². The lowest BCUT2D eigenvalue weighted by Crippen LogP contribution is -2.47. The number of pyridine rings is 1. The Morgan fingerprint density at radius 2 is 1.62 bits per heavy atom. The van der Waals surface area contributed by atoms with Crippen LogP contribution in [0.1, 0.15) is 16.1 Å². The van der Waals surface area contributed by atoms with E-state index in [4.69, 9.17) is 0 Å². The van der Waals surface area contributed by atoms with E-state index >= 15 is 0 Å². The predicted octanol–water partition coefficient (Wildman–Crippen LogP) is 3.38. The first-order valence-corrected chi connectivity index (χ1v) is 12.2. The molecule has 0 spiro atoms. The van der Waals surface area contributed by atoms with Gasteiger partial charge in [0.15, 0.2) is 0 Å². The first-order valence-electron chi connectivity index (χ1n) is 12.2. The van der Waals surface area contributed by atoms with E-state index in [2.05, 4.69) is 37.3 Å². The molecule has 0 aliphatic carbocycles. The van der Waals surface area contributed by atoms with Crippen LogP contribution in [0.25, 0.3) is 5.69 Å². The Labute approximate surface area is 214 Å². The molecule has 0 atom stereocenters. The molecular weight excluding hydrogens is 471 g/mol. The molecule has 1 aliphatic heterocycles. The quantitative estimate of drug-likeness (QED) is 0.421. The lowest BCUT2D eigenvalue weighted by molar-refractivity contribution is 0.102. The molecule has 1 aliphatic rings. The van der Waals surface area contributed by atoms with Crippen LogP contribution in [0.5, 0.6) is 0 Å². The molecule has 2 aromatic heterocycles. The Kier molecular flexibility index (Phi) is 7.32. The number of piperazine rings is 1. The Hall–Kier alpha value is -4.37. The highest BCUT2D eigenvalue weighted by Crippen LogP contribution is 2.27. The van der Waals surface area contributed by atoms with Crippen LogP contribution >= 0.6 is 0 Å². The molecule has 2 aromatic carbocycles. The highest BCUT2D eigenvalue weighted by atomic mass is 19.1.